The van der Waals surface area contributed by atoms with Crippen molar-refractivity contribution in [1.82, 2.24) is 4.98 Å². The van der Waals surface area contributed by atoms with E-state index in [1.807, 2.05) is 0 Å². The lowest BCUT2D eigenvalue weighted by Crippen LogP contribution is -2.01. The number of rotatable bonds is 3. The van der Waals surface area contributed by atoms with Crippen LogP contribution in [0.4, 0.5) is 5.13 Å². The summed E-state index contributed by atoms with van der Waals surface area (Å²) in [5, 5.41) is 4.46. The average Bonchev–Trinajstić information content (AvgIpc) is 2.75. The second-order valence-electron chi connectivity index (χ2n) is 4.74. The topological polar surface area (TPSA) is 24.9 Å². The van der Waals surface area contributed by atoms with Gasteiger partial charge in [0, 0.05) is 6.54 Å². The Bertz CT molecular complexity index is 487. The van der Waals surface area contributed by atoms with E-state index >= 15 is 0 Å². The summed E-state index contributed by atoms with van der Waals surface area (Å²) in [6.07, 6.45) is 6.32. The normalized spacial score (nSPS) is 14.9. The van der Waals surface area contributed by atoms with Gasteiger partial charge in [-0.2, -0.15) is 0 Å². The Labute approximate surface area is 106 Å². The molecule has 1 N–H and O–H groups in total. The first-order valence-electron chi connectivity index (χ1n) is 6.53. The molecule has 3 heteroatoms. The van der Waals surface area contributed by atoms with Crippen molar-refractivity contribution in [3.63, 3.8) is 0 Å². The molecule has 0 saturated carbocycles. The molecule has 0 amide bonds. The minimum absolute atomic E-state index is 1.01. The fourth-order valence-electron chi connectivity index (χ4n) is 2.46. The van der Waals surface area contributed by atoms with Gasteiger partial charge in [0.2, 0.25) is 0 Å². The molecule has 2 aromatic rings. The van der Waals surface area contributed by atoms with Gasteiger partial charge in [0.1, 0.15) is 0 Å². The first kappa shape index (κ1) is 11.0. The first-order chi connectivity index (χ1) is 8.36. The number of benzene rings is 1. The number of hydrogen-bond donors (Lipinski definition) is 1. The van der Waals surface area contributed by atoms with Crippen LogP contribution in [0.5, 0.6) is 0 Å². The second-order valence-corrected chi connectivity index (χ2v) is 5.77. The highest BCUT2D eigenvalue weighted by molar-refractivity contribution is 7.22. The molecule has 1 aliphatic carbocycles. The maximum Gasteiger partial charge on any atom is 0.183 e. The zero-order valence-corrected chi connectivity index (χ0v) is 11.1. The number of fused-ring (bicyclic) bond motifs is 2. The van der Waals surface area contributed by atoms with Gasteiger partial charge >= 0.3 is 0 Å². The third-order valence-corrected chi connectivity index (χ3v) is 4.35. The van der Waals surface area contributed by atoms with Crippen molar-refractivity contribution in [3.05, 3.63) is 23.3 Å². The molecule has 0 unspecified atom stereocenters. The van der Waals surface area contributed by atoms with E-state index in [0.29, 0.717) is 0 Å². The molecule has 0 bridgehead atoms. The van der Waals surface area contributed by atoms with Crippen molar-refractivity contribution >= 4 is 26.7 Å². The van der Waals surface area contributed by atoms with E-state index in [2.05, 4.69) is 29.4 Å². The molecule has 3 rings (SSSR count). The van der Waals surface area contributed by atoms with Crippen LogP contribution in [0.3, 0.4) is 0 Å². The Balaban J connectivity index is 1.98. The molecule has 1 heterocycles. The average molecular weight is 246 g/mol. The van der Waals surface area contributed by atoms with Gasteiger partial charge in [-0.05, 0) is 55.4 Å². The van der Waals surface area contributed by atoms with Gasteiger partial charge in [-0.3, -0.25) is 0 Å². The lowest BCUT2D eigenvalue weighted by molar-refractivity contribution is 0.687. The van der Waals surface area contributed by atoms with Gasteiger partial charge < -0.3 is 5.32 Å². The van der Waals surface area contributed by atoms with Gasteiger partial charge in [0.25, 0.3) is 0 Å². The molecule has 0 radical (unpaired) electrons. The minimum atomic E-state index is 1.01. The molecule has 0 atom stereocenters. The van der Waals surface area contributed by atoms with Gasteiger partial charge in [-0.25, -0.2) is 4.98 Å². The third kappa shape index (κ3) is 2.16. The standard InChI is InChI=1S/C14H18N2S/c1-2-7-15-14-16-12-8-10-5-3-4-6-11(10)9-13(12)17-14/h8-9H,2-7H2,1H3,(H,15,16). The molecular formula is C14H18N2S. The van der Waals surface area contributed by atoms with Gasteiger partial charge in [0.15, 0.2) is 5.13 Å². The van der Waals surface area contributed by atoms with Crippen LogP contribution < -0.4 is 5.32 Å². The Morgan fingerprint density at radius 1 is 1.24 bits per heavy atom. The number of nitrogens with zero attached hydrogens (tertiary/aromatic N) is 1. The van der Waals surface area contributed by atoms with E-state index in [-0.39, 0.29) is 0 Å². The van der Waals surface area contributed by atoms with E-state index < -0.39 is 0 Å². The summed E-state index contributed by atoms with van der Waals surface area (Å²) in [5.74, 6) is 0. The Morgan fingerprint density at radius 3 is 2.76 bits per heavy atom. The summed E-state index contributed by atoms with van der Waals surface area (Å²) < 4.78 is 1.34. The predicted molar refractivity (Wildman–Crippen MR) is 75.0 cm³/mol. The van der Waals surface area contributed by atoms with E-state index in [1.165, 1.54) is 41.5 Å². The van der Waals surface area contributed by atoms with Crippen LogP contribution in [-0.4, -0.2) is 11.5 Å². The number of aromatic nitrogens is 1. The molecule has 0 spiro atoms. The highest BCUT2D eigenvalue weighted by Gasteiger charge is 2.12. The van der Waals surface area contributed by atoms with Crippen molar-refractivity contribution in [2.24, 2.45) is 0 Å². The van der Waals surface area contributed by atoms with Gasteiger partial charge in [0.05, 0.1) is 10.2 Å². The van der Waals surface area contributed by atoms with Crippen LogP contribution in [0.25, 0.3) is 10.2 Å². The molecule has 1 aromatic heterocycles. The highest BCUT2D eigenvalue weighted by atomic mass is 32.1. The largest absolute Gasteiger partial charge is 0.361 e. The summed E-state index contributed by atoms with van der Waals surface area (Å²) in [6.45, 7) is 3.19. The Morgan fingerprint density at radius 2 is 2.00 bits per heavy atom. The van der Waals surface area contributed by atoms with Gasteiger partial charge in [-0.1, -0.05) is 18.3 Å². The van der Waals surface area contributed by atoms with Crippen LogP contribution in [0.1, 0.15) is 37.3 Å². The van der Waals surface area contributed by atoms with E-state index in [9.17, 15) is 0 Å². The molecule has 90 valence electrons. The molecule has 0 aliphatic heterocycles. The Kier molecular flexibility index (Phi) is 3.02. The Hall–Kier alpha value is -1.09. The fourth-order valence-corrected chi connectivity index (χ4v) is 3.40. The second kappa shape index (κ2) is 4.65. The quantitative estimate of drug-likeness (QED) is 0.885. The summed E-state index contributed by atoms with van der Waals surface area (Å²) in [4.78, 5) is 4.67. The minimum Gasteiger partial charge on any atom is -0.361 e. The van der Waals surface area contributed by atoms with Crippen molar-refractivity contribution in [3.8, 4) is 0 Å². The van der Waals surface area contributed by atoms with Crippen molar-refractivity contribution in [2.75, 3.05) is 11.9 Å². The molecule has 0 fully saturated rings. The van der Waals surface area contributed by atoms with Crippen LogP contribution in [0.2, 0.25) is 0 Å². The van der Waals surface area contributed by atoms with Crippen molar-refractivity contribution in [1.29, 1.82) is 0 Å². The monoisotopic (exact) mass is 246 g/mol. The first-order valence-corrected chi connectivity index (χ1v) is 7.34. The molecule has 1 aliphatic rings. The number of thiazole rings is 1. The van der Waals surface area contributed by atoms with Crippen LogP contribution >= 0.6 is 11.3 Å². The van der Waals surface area contributed by atoms with Crippen molar-refractivity contribution in [2.45, 2.75) is 39.0 Å². The summed E-state index contributed by atoms with van der Waals surface area (Å²) in [6, 6.07) is 4.66. The zero-order valence-electron chi connectivity index (χ0n) is 10.3. The van der Waals surface area contributed by atoms with E-state index in [0.717, 1.165) is 18.1 Å². The number of aryl methyl sites for hydroxylation is 2. The summed E-state index contributed by atoms with van der Waals surface area (Å²) in [7, 11) is 0. The summed E-state index contributed by atoms with van der Waals surface area (Å²) >= 11 is 1.79. The van der Waals surface area contributed by atoms with Gasteiger partial charge in [-0.15, -0.1) is 0 Å². The molecule has 2 nitrogen and oxygen atoms in total. The third-order valence-electron chi connectivity index (χ3n) is 3.38. The van der Waals surface area contributed by atoms with Crippen LogP contribution in [-0.2, 0) is 12.8 Å². The predicted octanol–water partition coefficient (Wildman–Crippen LogP) is 4.00. The van der Waals surface area contributed by atoms with Crippen molar-refractivity contribution < 1.29 is 0 Å². The zero-order chi connectivity index (χ0) is 11.7. The highest BCUT2D eigenvalue weighted by Crippen LogP contribution is 2.31. The van der Waals surface area contributed by atoms with E-state index in [4.69, 9.17) is 0 Å². The number of hydrogen-bond acceptors (Lipinski definition) is 3. The molecule has 0 saturated heterocycles. The fraction of sp³-hybridized carbons (Fsp3) is 0.500. The lowest BCUT2D eigenvalue weighted by atomic mass is 9.92. The smallest absolute Gasteiger partial charge is 0.183 e. The molecule has 1 aromatic carbocycles. The van der Waals surface area contributed by atoms with E-state index in [1.54, 1.807) is 16.9 Å². The van der Waals surface area contributed by atoms with Crippen LogP contribution in [0, 0.1) is 0 Å². The summed E-state index contributed by atoms with van der Waals surface area (Å²) in [5.41, 5.74) is 4.25. The lowest BCUT2D eigenvalue weighted by Gasteiger charge is -2.14. The maximum absolute atomic E-state index is 4.67. The molecule has 17 heavy (non-hydrogen) atoms. The molecular weight excluding hydrogens is 228 g/mol. The maximum atomic E-state index is 4.67. The SMILES string of the molecule is CCCNc1nc2cc3c(cc2s1)CCCC3. The van der Waals surface area contributed by atoms with Crippen LogP contribution in [0.15, 0.2) is 12.1 Å². The number of nitrogens with one attached hydrogen (secondary N) is 1. The number of anilines is 1.